The Morgan fingerprint density at radius 3 is 2.27 bits per heavy atom. The van der Waals surface area contributed by atoms with E-state index in [1.165, 1.54) is 22.5 Å². The first kappa shape index (κ1) is 18.9. The minimum atomic E-state index is -3.75. The fourth-order valence-corrected chi connectivity index (χ4v) is 4.69. The van der Waals surface area contributed by atoms with Gasteiger partial charge in [-0.15, -0.1) is 11.8 Å². The molecule has 0 radical (unpaired) electrons. The highest BCUT2D eigenvalue weighted by atomic mass is 32.2. The summed E-state index contributed by atoms with van der Waals surface area (Å²) in [6.45, 7) is 0.982. The van der Waals surface area contributed by atoms with Crippen LogP contribution in [0.5, 0.6) is 0 Å². The standard InChI is InChI=1S/C18H19FN2O3S2/c1-25-16-7-5-14(6-8-16)18(22)20-9-11-21(12-10-20)26(23,24)17-4-2-3-15(19)13-17/h2-8,13H,9-12H2,1H3. The molecule has 0 N–H and O–H groups in total. The molecule has 0 spiro atoms. The van der Waals surface area contributed by atoms with Crippen LogP contribution in [0.1, 0.15) is 10.4 Å². The Labute approximate surface area is 156 Å². The van der Waals surface area contributed by atoms with Crippen LogP contribution in [0.25, 0.3) is 0 Å². The molecule has 0 saturated carbocycles. The summed E-state index contributed by atoms with van der Waals surface area (Å²) in [6.07, 6.45) is 1.97. The number of hydrogen-bond acceptors (Lipinski definition) is 4. The Balaban J connectivity index is 1.67. The molecule has 1 heterocycles. The molecular weight excluding hydrogens is 375 g/mol. The number of amides is 1. The zero-order valence-corrected chi connectivity index (χ0v) is 15.9. The van der Waals surface area contributed by atoms with Crippen molar-refractivity contribution in [2.75, 3.05) is 32.4 Å². The predicted octanol–water partition coefficient (Wildman–Crippen LogP) is 2.69. The van der Waals surface area contributed by atoms with E-state index in [4.69, 9.17) is 0 Å². The Morgan fingerprint density at radius 2 is 1.69 bits per heavy atom. The lowest BCUT2D eigenvalue weighted by Crippen LogP contribution is -2.50. The molecule has 138 valence electrons. The van der Waals surface area contributed by atoms with Crippen molar-refractivity contribution in [1.82, 2.24) is 9.21 Å². The molecule has 2 aromatic carbocycles. The van der Waals surface area contributed by atoms with Gasteiger partial charge in [0.05, 0.1) is 4.90 Å². The second-order valence-electron chi connectivity index (χ2n) is 5.88. The number of sulfonamides is 1. The molecule has 0 atom stereocenters. The molecule has 0 unspecified atom stereocenters. The van der Waals surface area contributed by atoms with Gasteiger partial charge in [-0.05, 0) is 48.7 Å². The number of hydrogen-bond donors (Lipinski definition) is 0. The molecule has 1 fully saturated rings. The second kappa shape index (κ2) is 7.77. The molecule has 0 aromatic heterocycles. The van der Waals surface area contributed by atoms with Gasteiger partial charge in [0.25, 0.3) is 5.91 Å². The zero-order valence-electron chi connectivity index (χ0n) is 14.3. The van der Waals surface area contributed by atoms with E-state index < -0.39 is 15.8 Å². The van der Waals surface area contributed by atoms with Gasteiger partial charge in [0.15, 0.2) is 0 Å². The molecule has 0 bridgehead atoms. The topological polar surface area (TPSA) is 57.7 Å². The highest BCUT2D eigenvalue weighted by Crippen LogP contribution is 2.20. The molecule has 1 aliphatic heterocycles. The number of piperazine rings is 1. The maximum Gasteiger partial charge on any atom is 0.253 e. The molecular formula is C18H19FN2O3S2. The average Bonchev–Trinajstić information content (AvgIpc) is 2.67. The number of benzene rings is 2. The highest BCUT2D eigenvalue weighted by Gasteiger charge is 2.30. The fraction of sp³-hybridized carbons (Fsp3) is 0.278. The largest absolute Gasteiger partial charge is 0.336 e. The third-order valence-electron chi connectivity index (χ3n) is 4.30. The van der Waals surface area contributed by atoms with E-state index in [1.807, 2.05) is 18.4 Å². The van der Waals surface area contributed by atoms with E-state index in [-0.39, 0.29) is 23.9 Å². The van der Waals surface area contributed by atoms with Crippen molar-refractivity contribution in [3.63, 3.8) is 0 Å². The van der Waals surface area contributed by atoms with Crippen LogP contribution >= 0.6 is 11.8 Å². The number of carbonyl (C=O) groups is 1. The van der Waals surface area contributed by atoms with E-state index in [0.717, 1.165) is 11.0 Å². The molecule has 3 rings (SSSR count). The second-order valence-corrected chi connectivity index (χ2v) is 8.70. The first-order chi connectivity index (χ1) is 12.4. The summed E-state index contributed by atoms with van der Waals surface area (Å²) < 4.78 is 39.9. The van der Waals surface area contributed by atoms with Crippen molar-refractivity contribution in [3.8, 4) is 0 Å². The van der Waals surface area contributed by atoms with Gasteiger partial charge >= 0.3 is 0 Å². The first-order valence-corrected chi connectivity index (χ1v) is 10.8. The molecule has 8 heteroatoms. The number of thioether (sulfide) groups is 1. The lowest BCUT2D eigenvalue weighted by atomic mass is 10.2. The van der Waals surface area contributed by atoms with Crippen LogP contribution in [0.15, 0.2) is 58.3 Å². The van der Waals surface area contributed by atoms with Crippen molar-refractivity contribution < 1.29 is 17.6 Å². The number of nitrogens with zero attached hydrogens (tertiary/aromatic N) is 2. The normalized spacial score (nSPS) is 15.8. The fourth-order valence-electron chi connectivity index (χ4n) is 2.82. The lowest BCUT2D eigenvalue weighted by Gasteiger charge is -2.34. The van der Waals surface area contributed by atoms with Crippen molar-refractivity contribution in [2.45, 2.75) is 9.79 Å². The maximum absolute atomic E-state index is 13.3. The van der Waals surface area contributed by atoms with Crippen molar-refractivity contribution in [2.24, 2.45) is 0 Å². The molecule has 0 aliphatic carbocycles. The van der Waals surface area contributed by atoms with Crippen molar-refractivity contribution in [3.05, 3.63) is 59.9 Å². The SMILES string of the molecule is CSc1ccc(C(=O)N2CCN(S(=O)(=O)c3cccc(F)c3)CC2)cc1. The zero-order chi connectivity index (χ0) is 18.7. The summed E-state index contributed by atoms with van der Waals surface area (Å²) in [7, 11) is -3.75. The van der Waals surface area contributed by atoms with Crippen LogP contribution in [-0.4, -0.2) is 56.0 Å². The maximum atomic E-state index is 13.3. The van der Waals surface area contributed by atoms with Crippen LogP contribution in [0.2, 0.25) is 0 Å². The van der Waals surface area contributed by atoms with Gasteiger partial charge in [0, 0.05) is 36.6 Å². The van der Waals surface area contributed by atoms with Gasteiger partial charge in [-0.3, -0.25) is 4.79 Å². The van der Waals surface area contributed by atoms with Gasteiger partial charge in [-0.2, -0.15) is 4.31 Å². The Kier molecular flexibility index (Phi) is 5.64. The van der Waals surface area contributed by atoms with Gasteiger partial charge in [-0.25, -0.2) is 12.8 Å². The third kappa shape index (κ3) is 3.92. The van der Waals surface area contributed by atoms with Crippen molar-refractivity contribution in [1.29, 1.82) is 0 Å². The average molecular weight is 394 g/mol. The van der Waals surface area contributed by atoms with Crippen LogP contribution in [0, 0.1) is 5.82 Å². The van der Waals surface area contributed by atoms with Gasteiger partial charge in [0.1, 0.15) is 5.82 Å². The molecule has 1 saturated heterocycles. The summed E-state index contributed by atoms with van der Waals surface area (Å²) >= 11 is 1.60. The lowest BCUT2D eigenvalue weighted by molar-refractivity contribution is 0.0698. The van der Waals surface area contributed by atoms with Crippen LogP contribution < -0.4 is 0 Å². The number of rotatable bonds is 4. The smallest absolute Gasteiger partial charge is 0.253 e. The monoisotopic (exact) mass is 394 g/mol. The minimum Gasteiger partial charge on any atom is -0.336 e. The van der Waals surface area contributed by atoms with E-state index in [2.05, 4.69) is 0 Å². The molecule has 5 nitrogen and oxygen atoms in total. The summed E-state index contributed by atoms with van der Waals surface area (Å²) in [5.74, 6) is -0.700. The van der Waals surface area contributed by atoms with Gasteiger partial charge in [0.2, 0.25) is 10.0 Å². The Morgan fingerprint density at radius 1 is 1.04 bits per heavy atom. The van der Waals surface area contributed by atoms with Gasteiger partial charge in [-0.1, -0.05) is 6.07 Å². The Bertz CT molecular complexity index is 893. The third-order valence-corrected chi connectivity index (χ3v) is 6.93. The van der Waals surface area contributed by atoms with Crippen LogP contribution in [-0.2, 0) is 10.0 Å². The minimum absolute atomic E-state index is 0.0649. The van der Waals surface area contributed by atoms with E-state index in [0.29, 0.717) is 18.7 Å². The number of carbonyl (C=O) groups excluding carboxylic acids is 1. The molecule has 26 heavy (non-hydrogen) atoms. The van der Waals surface area contributed by atoms with E-state index in [1.54, 1.807) is 28.8 Å². The van der Waals surface area contributed by atoms with Crippen molar-refractivity contribution >= 4 is 27.7 Å². The Hall–Kier alpha value is -1.90. The number of halogens is 1. The molecule has 2 aromatic rings. The molecule has 1 amide bonds. The predicted molar refractivity (Wildman–Crippen MR) is 99.3 cm³/mol. The van der Waals surface area contributed by atoms with Crippen LogP contribution in [0.4, 0.5) is 4.39 Å². The summed E-state index contributed by atoms with van der Waals surface area (Å²) in [5, 5.41) is 0. The van der Waals surface area contributed by atoms with E-state index in [9.17, 15) is 17.6 Å². The summed E-state index contributed by atoms with van der Waals surface area (Å²) in [4.78, 5) is 15.2. The quantitative estimate of drug-likeness (QED) is 0.748. The summed E-state index contributed by atoms with van der Waals surface area (Å²) in [6, 6.07) is 12.3. The summed E-state index contributed by atoms with van der Waals surface area (Å²) in [5.41, 5.74) is 0.587. The van der Waals surface area contributed by atoms with E-state index >= 15 is 0 Å². The van der Waals surface area contributed by atoms with Gasteiger partial charge < -0.3 is 4.90 Å². The first-order valence-electron chi connectivity index (χ1n) is 8.11. The highest BCUT2D eigenvalue weighted by molar-refractivity contribution is 7.98. The van der Waals surface area contributed by atoms with Crippen LogP contribution in [0.3, 0.4) is 0 Å². The molecule has 1 aliphatic rings.